The minimum absolute atomic E-state index is 0.000348. The minimum atomic E-state index is -0.749. The standard InChI is InChI=1S/C35H41FN2O4/c1-21(34(39)40)33(23-6-7-23)25-8-5-22-10-12-30(42-31(22)16-25)24-9-11-27(28-17-32(41-4)37-18-29(28)36)26(15-24)19-38-14-13-35(2,3)20-38/h5,8-9,11,15-18,21,23,30,33H,6-7,10,12-14,19-20H2,1-4H3,(H,39,40)/t21-,30-,33?/m0/s1. The Labute approximate surface area is 247 Å². The lowest BCUT2D eigenvalue weighted by Gasteiger charge is -2.29. The van der Waals surface area contributed by atoms with Crippen LogP contribution in [0.4, 0.5) is 4.39 Å². The van der Waals surface area contributed by atoms with E-state index in [1.165, 1.54) is 6.20 Å². The molecule has 1 saturated carbocycles. The molecule has 3 heterocycles. The molecule has 2 aliphatic heterocycles. The number of nitrogens with zero attached hydrogens (tertiary/aromatic N) is 2. The van der Waals surface area contributed by atoms with E-state index >= 15 is 4.39 Å². The number of methoxy groups -OCH3 is 1. The van der Waals surface area contributed by atoms with Gasteiger partial charge in [0.05, 0.1) is 19.2 Å². The number of likely N-dealkylation sites (tertiary alicyclic amines) is 1. The van der Waals surface area contributed by atoms with Crippen molar-refractivity contribution < 1.29 is 23.8 Å². The molecule has 7 heteroatoms. The second-order valence-corrected chi connectivity index (χ2v) is 13.3. The fraction of sp³-hybridized carbons (Fsp3) is 0.486. The Bertz CT molecular complexity index is 1480. The molecule has 6 rings (SSSR count). The van der Waals surface area contributed by atoms with Gasteiger partial charge in [-0.2, -0.15) is 0 Å². The lowest BCUT2D eigenvalue weighted by atomic mass is 9.82. The number of carboxylic acid groups (broad SMARTS) is 1. The third-order valence-corrected chi connectivity index (χ3v) is 9.46. The molecule has 1 aliphatic carbocycles. The normalized spacial score (nSPS) is 21.3. The molecule has 42 heavy (non-hydrogen) atoms. The summed E-state index contributed by atoms with van der Waals surface area (Å²) in [6.07, 6.45) is 6.11. The maximum atomic E-state index is 15.1. The third kappa shape index (κ3) is 5.89. The van der Waals surface area contributed by atoms with Crippen LogP contribution in [0.2, 0.25) is 0 Å². The zero-order valence-electron chi connectivity index (χ0n) is 25.0. The molecule has 2 fully saturated rings. The van der Waals surface area contributed by atoms with Crippen molar-refractivity contribution in [1.82, 2.24) is 9.88 Å². The van der Waals surface area contributed by atoms with Crippen molar-refractivity contribution in [3.8, 4) is 22.8 Å². The van der Waals surface area contributed by atoms with E-state index in [4.69, 9.17) is 9.47 Å². The number of carboxylic acids is 1. The number of aromatic nitrogens is 1. The maximum Gasteiger partial charge on any atom is 0.306 e. The molecular formula is C35H41FN2O4. The Morgan fingerprint density at radius 2 is 1.98 bits per heavy atom. The Balaban J connectivity index is 1.32. The van der Waals surface area contributed by atoms with Gasteiger partial charge in [-0.15, -0.1) is 0 Å². The van der Waals surface area contributed by atoms with Crippen molar-refractivity contribution in [2.75, 3.05) is 20.2 Å². The molecule has 222 valence electrons. The number of benzene rings is 2. The van der Waals surface area contributed by atoms with Crippen molar-refractivity contribution in [2.45, 2.75) is 71.4 Å². The fourth-order valence-corrected chi connectivity index (χ4v) is 6.95. The molecule has 3 aromatic rings. The van der Waals surface area contributed by atoms with Gasteiger partial charge >= 0.3 is 5.97 Å². The molecule has 0 spiro atoms. The minimum Gasteiger partial charge on any atom is -0.485 e. The summed E-state index contributed by atoms with van der Waals surface area (Å²) in [5, 5.41) is 9.76. The Morgan fingerprint density at radius 1 is 1.17 bits per heavy atom. The summed E-state index contributed by atoms with van der Waals surface area (Å²) in [6, 6.07) is 14.2. The number of aryl methyl sites for hydroxylation is 1. The highest BCUT2D eigenvalue weighted by molar-refractivity contribution is 5.71. The van der Waals surface area contributed by atoms with E-state index in [1.807, 2.05) is 13.0 Å². The Hall–Kier alpha value is -3.45. The zero-order chi connectivity index (χ0) is 29.6. The number of fused-ring (bicyclic) bond motifs is 1. The summed E-state index contributed by atoms with van der Waals surface area (Å²) in [4.78, 5) is 18.4. The first-order valence-electron chi connectivity index (χ1n) is 15.2. The highest BCUT2D eigenvalue weighted by atomic mass is 19.1. The number of halogens is 1. The molecule has 1 N–H and O–H groups in total. The van der Waals surface area contributed by atoms with Gasteiger partial charge in [0.2, 0.25) is 5.88 Å². The van der Waals surface area contributed by atoms with Crippen LogP contribution in [-0.4, -0.2) is 41.2 Å². The average molecular weight is 573 g/mol. The first kappa shape index (κ1) is 28.7. The lowest BCUT2D eigenvalue weighted by molar-refractivity contribution is -0.142. The van der Waals surface area contributed by atoms with Crippen molar-refractivity contribution in [2.24, 2.45) is 17.3 Å². The summed E-state index contributed by atoms with van der Waals surface area (Å²) in [5.74, 6) is 0.0968. The number of rotatable bonds is 9. The molecular weight excluding hydrogens is 531 g/mol. The predicted molar refractivity (Wildman–Crippen MR) is 160 cm³/mol. The molecule has 3 atom stereocenters. The van der Waals surface area contributed by atoms with Crippen molar-refractivity contribution in [3.05, 3.63) is 76.7 Å². The van der Waals surface area contributed by atoms with E-state index < -0.39 is 11.9 Å². The Morgan fingerprint density at radius 3 is 2.67 bits per heavy atom. The molecule has 0 amide bonds. The quantitative estimate of drug-likeness (QED) is 0.288. The third-order valence-electron chi connectivity index (χ3n) is 9.46. The molecule has 6 nitrogen and oxygen atoms in total. The van der Waals surface area contributed by atoms with E-state index in [9.17, 15) is 9.90 Å². The van der Waals surface area contributed by atoms with E-state index in [2.05, 4.69) is 54.1 Å². The van der Waals surface area contributed by atoms with Gasteiger partial charge in [0, 0.05) is 24.7 Å². The molecule has 0 radical (unpaired) electrons. The largest absolute Gasteiger partial charge is 0.485 e. The summed E-state index contributed by atoms with van der Waals surface area (Å²) in [7, 11) is 1.54. The van der Waals surface area contributed by atoms with Gasteiger partial charge in [-0.05, 0) is 89.8 Å². The van der Waals surface area contributed by atoms with E-state index in [0.29, 0.717) is 17.4 Å². The van der Waals surface area contributed by atoms with Crippen LogP contribution in [0.1, 0.15) is 80.7 Å². The van der Waals surface area contributed by atoms with Crippen LogP contribution in [0.25, 0.3) is 11.1 Å². The zero-order valence-corrected chi connectivity index (χ0v) is 25.0. The molecule has 0 bridgehead atoms. The van der Waals surface area contributed by atoms with Gasteiger partial charge in [0.25, 0.3) is 0 Å². The van der Waals surface area contributed by atoms with Crippen molar-refractivity contribution >= 4 is 5.97 Å². The molecule has 2 aromatic carbocycles. The van der Waals surface area contributed by atoms with Gasteiger partial charge < -0.3 is 14.6 Å². The second-order valence-electron chi connectivity index (χ2n) is 13.3. The predicted octanol–water partition coefficient (Wildman–Crippen LogP) is 7.41. The van der Waals surface area contributed by atoms with Crippen LogP contribution in [-0.2, 0) is 17.8 Å². The van der Waals surface area contributed by atoms with E-state index in [0.717, 1.165) is 85.3 Å². The van der Waals surface area contributed by atoms with E-state index in [-0.39, 0.29) is 23.3 Å². The van der Waals surface area contributed by atoms with Gasteiger partial charge in [-0.25, -0.2) is 9.37 Å². The van der Waals surface area contributed by atoms with Crippen LogP contribution in [0.3, 0.4) is 0 Å². The van der Waals surface area contributed by atoms with Gasteiger partial charge in [-0.3, -0.25) is 9.69 Å². The van der Waals surface area contributed by atoms with Crippen LogP contribution in [0, 0.1) is 23.1 Å². The van der Waals surface area contributed by atoms with Crippen LogP contribution in [0.15, 0.2) is 48.7 Å². The first-order valence-corrected chi connectivity index (χ1v) is 15.2. The number of hydrogen-bond acceptors (Lipinski definition) is 5. The highest BCUT2D eigenvalue weighted by Gasteiger charge is 2.39. The van der Waals surface area contributed by atoms with Gasteiger partial charge in [0.15, 0.2) is 0 Å². The fourth-order valence-electron chi connectivity index (χ4n) is 6.95. The molecule has 1 aromatic heterocycles. The van der Waals surface area contributed by atoms with Crippen molar-refractivity contribution in [1.29, 1.82) is 0 Å². The highest BCUT2D eigenvalue weighted by Crippen LogP contribution is 2.48. The molecule has 3 aliphatic rings. The number of carbonyl (C=O) groups is 1. The topological polar surface area (TPSA) is 71.9 Å². The number of aliphatic carboxylic acids is 1. The SMILES string of the molecule is COc1cc(-c2ccc([C@@H]3CCc4ccc(C(C5CC5)[C@H](C)C(=O)O)cc4O3)cc2CN2CCC(C)(C)C2)c(F)cn1. The summed E-state index contributed by atoms with van der Waals surface area (Å²) < 4.78 is 27.1. The second kappa shape index (κ2) is 11.3. The molecule has 1 saturated heterocycles. The van der Waals surface area contributed by atoms with Gasteiger partial charge in [-0.1, -0.05) is 51.1 Å². The van der Waals surface area contributed by atoms with Gasteiger partial charge in [0.1, 0.15) is 17.7 Å². The van der Waals surface area contributed by atoms with Crippen LogP contribution >= 0.6 is 0 Å². The number of pyridine rings is 1. The summed E-state index contributed by atoms with van der Waals surface area (Å²) >= 11 is 0. The summed E-state index contributed by atoms with van der Waals surface area (Å²) in [5.41, 5.74) is 5.94. The summed E-state index contributed by atoms with van der Waals surface area (Å²) in [6.45, 7) is 9.13. The molecule has 1 unspecified atom stereocenters. The maximum absolute atomic E-state index is 15.1. The average Bonchev–Trinajstić information content (AvgIpc) is 3.75. The van der Waals surface area contributed by atoms with Crippen molar-refractivity contribution in [3.63, 3.8) is 0 Å². The monoisotopic (exact) mass is 572 g/mol. The number of ether oxygens (including phenoxy) is 2. The smallest absolute Gasteiger partial charge is 0.306 e. The van der Waals surface area contributed by atoms with Crippen LogP contribution in [0.5, 0.6) is 11.6 Å². The van der Waals surface area contributed by atoms with E-state index in [1.54, 1.807) is 13.2 Å². The van der Waals surface area contributed by atoms with Crippen LogP contribution < -0.4 is 9.47 Å². The number of hydrogen-bond donors (Lipinski definition) is 1. The Kier molecular flexibility index (Phi) is 7.73. The lowest BCUT2D eigenvalue weighted by Crippen LogP contribution is -2.23. The first-order chi connectivity index (χ1) is 20.1.